The molecule has 8 nitrogen and oxygen atoms in total. The first kappa shape index (κ1) is 21.3. The highest BCUT2D eigenvalue weighted by atomic mass is 32.2. The lowest BCUT2D eigenvalue weighted by Gasteiger charge is -2.31. The highest BCUT2D eigenvalue weighted by Crippen LogP contribution is 2.28. The number of likely N-dealkylation sites (tertiary alicyclic amines) is 1. The predicted octanol–water partition coefficient (Wildman–Crippen LogP) is 2.65. The third-order valence-corrected chi connectivity index (χ3v) is 7.12. The Morgan fingerprint density at radius 3 is 2.55 bits per heavy atom. The summed E-state index contributed by atoms with van der Waals surface area (Å²) in [5, 5.41) is 0. The number of nitrogens with one attached hydrogen (secondary N) is 2. The highest BCUT2D eigenvalue weighted by Gasteiger charge is 2.26. The van der Waals surface area contributed by atoms with Gasteiger partial charge < -0.3 is 14.6 Å². The van der Waals surface area contributed by atoms with Crippen LogP contribution in [0, 0.1) is 0 Å². The topological polar surface area (TPSA) is 104 Å². The molecular weight excluding hydrogens is 416 g/mol. The molecule has 1 aliphatic heterocycles. The fourth-order valence-corrected chi connectivity index (χ4v) is 4.89. The third-order valence-electron chi connectivity index (χ3n) is 5.64. The first-order valence-electron chi connectivity index (χ1n) is 10.3. The van der Waals surface area contributed by atoms with Gasteiger partial charge in [-0.15, -0.1) is 0 Å². The van der Waals surface area contributed by atoms with E-state index in [2.05, 4.69) is 14.7 Å². The maximum absolute atomic E-state index is 12.5. The molecule has 1 saturated heterocycles. The Hall–Kier alpha value is -2.91. The molecule has 9 heteroatoms. The van der Waals surface area contributed by atoms with Crippen molar-refractivity contribution in [3.05, 3.63) is 54.4 Å². The summed E-state index contributed by atoms with van der Waals surface area (Å²) in [4.78, 5) is 22.6. The van der Waals surface area contributed by atoms with Crippen LogP contribution in [0.5, 0.6) is 5.75 Å². The Morgan fingerprint density at radius 1 is 1.16 bits per heavy atom. The van der Waals surface area contributed by atoms with Crippen LogP contribution in [0.3, 0.4) is 0 Å². The number of hydrogen-bond acceptors (Lipinski definition) is 5. The summed E-state index contributed by atoms with van der Waals surface area (Å²) in [6, 6.07) is 14.1. The number of H-pyrrole nitrogens is 1. The number of amides is 1. The molecule has 2 heterocycles. The Bertz CT molecular complexity index is 1120. The second-order valence-corrected chi connectivity index (χ2v) is 9.38. The number of carbonyl (C=O) groups is 1. The number of benzene rings is 2. The smallest absolute Gasteiger partial charge is 0.240 e. The Morgan fingerprint density at radius 2 is 1.87 bits per heavy atom. The van der Waals surface area contributed by atoms with Crippen LogP contribution >= 0.6 is 0 Å². The van der Waals surface area contributed by atoms with Gasteiger partial charge in [-0.2, -0.15) is 0 Å². The molecule has 3 aromatic rings. The SMILES string of the molecule is COc1ccc(S(=O)(=O)NCCC(=O)N2CCC(c3nc4ccccc4[nH]3)CC2)cc1. The number of rotatable bonds is 7. The zero-order valence-corrected chi connectivity index (χ0v) is 18.2. The molecule has 0 spiro atoms. The molecule has 1 aromatic heterocycles. The van der Waals surface area contributed by atoms with E-state index in [0.29, 0.717) is 24.8 Å². The van der Waals surface area contributed by atoms with Crippen molar-refractivity contribution >= 4 is 27.0 Å². The van der Waals surface area contributed by atoms with Gasteiger partial charge in [0.05, 0.1) is 23.0 Å². The zero-order valence-electron chi connectivity index (χ0n) is 17.4. The lowest BCUT2D eigenvalue weighted by atomic mass is 9.96. The summed E-state index contributed by atoms with van der Waals surface area (Å²) in [6.45, 7) is 1.36. The van der Waals surface area contributed by atoms with Crippen LogP contribution in [0.1, 0.15) is 31.0 Å². The van der Waals surface area contributed by atoms with E-state index >= 15 is 0 Å². The summed E-state index contributed by atoms with van der Waals surface area (Å²) in [5.41, 5.74) is 1.99. The van der Waals surface area contributed by atoms with Gasteiger partial charge in [0.1, 0.15) is 11.6 Å². The molecule has 1 fully saturated rings. The van der Waals surface area contributed by atoms with Gasteiger partial charge in [0, 0.05) is 32.0 Å². The summed E-state index contributed by atoms with van der Waals surface area (Å²) in [6.07, 6.45) is 1.80. The number of sulfonamides is 1. The van der Waals surface area contributed by atoms with E-state index in [4.69, 9.17) is 4.74 Å². The summed E-state index contributed by atoms with van der Waals surface area (Å²) in [5.74, 6) is 1.81. The number of ether oxygens (including phenoxy) is 1. The molecular formula is C22H26N4O4S. The molecule has 2 aromatic carbocycles. The molecule has 1 aliphatic rings. The number of hydrogen-bond donors (Lipinski definition) is 2. The normalized spacial score (nSPS) is 15.3. The number of aromatic amines is 1. The van der Waals surface area contributed by atoms with Crippen LogP contribution in [-0.4, -0.2) is 55.9 Å². The van der Waals surface area contributed by atoms with Crippen LogP contribution in [0.4, 0.5) is 0 Å². The lowest BCUT2D eigenvalue weighted by Crippen LogP contribution is -2.39. The van der Waals surface area contributed by atoms with Crippen molar-refractivity contribution in [2.24, 2.45) is 0 Å². The molecule has 2 N–H and O–H groups in total. The number of para-hydroxylation sites is 2. The standard InChI is InChI=1S/C22H26N4O4S/c1-30-17-6-8-18(9-7-17)31(28,29)23-13-10-21(27)26-14-11-16(12-15-26)22-24-19-4-2-3-5-20(19)25-22/h2-9,16,23H,10-15H2,1H3,(H,24,25). The van der Waals surface area contributed by atoms with Crippen molar-refractivity contribution in [3.8, 4) is 5.75 Å². The van der Waals surface area contributed by atoms with Crippen LogP contribution < -0.4 is 9.46 Å². The maximum atomic E-state index is 12.5. The second kappa shape index (κ2) is 9.07. The van der Waals surface area contributed by atoms with Crippen LogP contribution in [0.15, 0.2) is 53.4 Å². The Kier molecular flexibility index (Phi) is 6.24. The van der Waals surface area contributed by atoms with E-state index in [-0.39, 0.29) is 23.8 Å². The van der Waals surface area contributed by atoms with Gasteiger partial charge in [-0.25, -0.2) is 18.1 Å². The van der Waals surface area contributed by atoms with Crippen molar-refractivity contribution < 1.29 is 17.9 Å². The number of imidazole rings is 1. The van der Waals surface area contributed by atoms with E-state index in [1.807, 2.05) is 24.3 Å². The summed E-state index contributed by atoms with van der Waals surface area (Å²) >= 11 is 0. The predicted molar refractivity (Wildman–Crippen MR) is 117 cm³/mol. The van der Waals surface area contributed by atoms with Crippen molar-refractivity contribution in [1.82, 2.24) is 19.6 Å². The number of aromatic nitrogens is 2. The van der Waals surface area contributed by atoms with Crippen molar-refractivity contribution in [2.45, 2.75) is 30.1 Å². The number of piperidine rings is 1. The number of carbonyl (C=O) groups excluding carboxylic acids is 1. The molecule has 0 aliphatic carbocycles. The lowest BCUT2D eigenvalue weighted by molar-refractivity contribution is -0.132. The molecule has 0 bridgehead atoms. The second-order valence-electron chi connectivity index (χ2n) is 7.62. The monoisotopic (exact) mass is 442 g/mol. The number of fused-ring (bicyclic) bond motifs is 1. The molecule has 0 unspecified atom stereocenters. The van der Waals surface area contributed by atoms with Gasteiger partial charge in [0.25, 0.3) is 0 Å². The fourth-order valence-electron chi connectivity index (χ4n) is 3.86. The molecule has 0 atom stereocenters. The average Bonchev–Trinajstić information content (AvgIpc) is 3.23. The van der Waals surface area contributed by atoms with Gasteiger partial charge in [0.2, 0.25) is 15.9 Å². The summed E-state index contributed by atoms with van der Waals surface area (Å²) < 4.78 is 32.3. The van der Waals surface area contributed by atoms with Crippen LogP contribution in [-0.2, 0) is 14.8 Å². The van der Waals surface area contributed by atoms with Gasteiger partial charge in [-0.05, 0) is 49.2 Å². The van der Waals surface area contributed by atoms with Gasteiger partial charge in [-0.1, -0.05) is 12.1 Å². The van der Waals surface area contributed by atoms with Gasteiger partial charge in [-0.3, -0.25) is 4.79 Å². The fraction of sp³-hybridized carbons (Fsp3) is 0.364. The number of methoxy groups -OCH3 is 1. The molecule has 31 heavy (non-hydrogen) atoms. The minimum Gasteiger partial charge on any atom is -0.497 e. The minimum atomic E-state index is -3.66. The van der Waals surface area contributed by atoms with E-state index in [1.165, 1.54) is 19.2 Å². The van der Waals surface area contributed by atoms with E-state index < -0.39 is 10.0 Å². The van der Waals surface area contributed by atoms with Gasteiger partial charge in [0.15, 0.2) is 0 Å². The quantitative estimate of drug-likeness (QED) is 0.585. The summed E-state index contributed by atoms with van der Waals surface area (Å²) in [7, 11) is -2.14. The third kappa shape index (κ3) is 4.88. The minimum absolute atomic E-state index is 0.0412. The van der Waals surface area contributed by atoms with E-state index in [9.17, 15) is 13.2 Å². The first-order chi connectivity index (χ1) is 15.0. The highest BCUT2D eigenvalue weighted by molar-refractivity contribution is 7.89. The average molecular weight is 443 g/mol. The van der Waals surface area contributed by atoms with Crippen LogP contribution in [0.2, 0.25) is 0 Å². The van der Waals surface area contributed by atoms with Crippen molar-refractivity contribution in [2.75, 3.05) is 26.7 Å². The van der Waals surface area contributed by atoms with Crippen molar-refractivity contribution in [3.63, 3.8) is 0 Å². The Balaban J connectivity index is 1.26. The van der Waals surface area contributed by atoms with Crippen molar-refractivity contribution in [1.29, 1.82) is 0 Å². The maximum Gasteiger partial charge on any atom is 0.240 e. The molecule has 1 amide bonds. The largest absolute Gasteiger partial charge is 0.497 e. The zero-order chi connectivity index (χ0) is 21.8. The Labute approximate surface area is 181 Å². The molecule has 0 radical (unpaired) electrons. The first-order valence-corrected chi connectivity index (χ1v) is 11.8. The number of nitrogens with zero attached hydrogens (tertiary/aromatic N) is 2. The molecule has 164 valence electrons. The van der Waals surface area contributed by atoms with E-state index in [0.717, 1.165) is 29.7 Å². The van der Waals surface area contributed by atoms with E-state index in [1.54, 1.807) is 17.0 Å². The van der Waals surface area contributed by atoms with Crippen LogP contribution in [0.25, 0.3) is 11.0 Å². The molecule has 4 rings (SSSR count). The van der Waals surface area contributed by atoms with Gasteiger partial charge >= 0.3 is 0 Å². The molecule has 0 saturated carbocycles.